The molecular weight excluding hydrogens is 364 g/mol. The van der Waals surface area contributed by atoms with Gasteiger partial charge in [0.1, 0.15) is 0 Å². The summed E-state index contributed by atoms with van der Waals surface area (Å²) in [6.07, 6.45) is 0. The second kappa shape index (κ2) is 8.50. The predicted octanol–water partition coefficient (Wildman–Crippen LogP) is 4.03. The van der Waals surface area contributed by atoms with E-state index in [2.05, 4.69) is 21.2 Å². The number of hydrogen-bond donors (Lipinski definition) is 1. The van der Waals surface area contributed by atoms with E-state index >= 15 is 0 Å². The fourth-order valence-electron chi connectivity index (χ4n) is 2.93. The molecule has 0 atom stereocenters. The molecule has 0 unspecified atom stereocenters. The quantitative estimate of drug-likeness (QED) is 0.809. The number of nitrogens with one attached hydrogen (secondary N) is 1. The van der Waals surface area contributed by atoms with Crippen LogP contribution in [0.25, 0.3) is 0 Å². The molecule has 1 fully saturated rings. The molecule has 0 aromatic heterocycles. The minimum absolute atomic E-state index is 0.700. The number of halogens is 1. The van der Waals surface area contributed by atoms with Gasteiger partial charge in [-0.1, -0.05) is 29.8 Å². The lowest BCUT2D eigenvalue weighted by atomic mass is 10.1. The molecule has 134 valence electrons. The minimum Gasteiger partial charge on any atom is -0.346 e. The van der Waals surface area contributed by atoms with Gasteiger partial charge in [0.15, 0.2) is 5.11 Å². The first-order chi connectivity index (χ1) is 12.5. The summed E-state index contributed by atoms with van der Waals surface area (Å²) in [5, 5.41) is 13.6. The van der Waals surface area contributed by atoms with Crippen molar-refractivity contribution in [3.05, 3.63) is 64.2 Å². The summed E-state index contributed by atoms with van der Waals surface area (Å²) >= 11 is 11.7. The SMILES string of the molecule is Cc1ccc(NC(=S)N2CCN(Cc3ccc(C#N)cc3)CC2)cc1Cl. The fraction of sp³-hybridized carbons (Fsp3) is 0.300. The number of anilines is 1. The highest BCUT2D eigenvalue weighted by molar-refractivity contribution is 7.80. The molecule has 4 nitrogen and oxygen atoms in total. The number of piperazine rings is 1. The summed E-state index contributed by atoms with van der Waals surface area (Å²) in [6, 6.07) is 15.8. The molecule has 2 aromatic rings. The average Bonchev–Trinajstić information content (AvgIpc) is 2.66. The molecule has 2 aromatic carbocycles. The van der Waals surface area contributed by atoms with Crippen LogP contribution in [0.15, 0.2) is 42.5 Å². The highest BCUT2D eigenvalue weighted by atomic mass is 35.5. The van der Waals surface area contributed by atoms with Crippen LogP contribution in [0, 0.1) is 18.3 Å². The van der Waals surface area contributed by atoms with Crippen LogP contribution < -0.4 is 5.32 Å². The molecule has 0 bridgehead atoms. The van der Waals surface area contributed by atoms with Gasteiger partial charge in [0.05, 0.1) is 11.6 Å². The van der Waals surface area contributed by atoms with Gasteiger partial charge < -0.3 is 10.2 Å². The molecule has 1 aliphatic heterocycles. The first-order valence-corrected chi connectivity index (χ1v) is 9.37. The van der Waals surface area contributed by atoms with Crippen molar-refractivity contribution in [3.63, 3.8) is 0 Å². The Morgan fingerprint density at radius 3 is 2.46 bits per heavy atom. The summed E-state index contributed by atoms with van der Waals surface area (Å²) in [4.78, 5) is 4.60. The van der Waals surface area contributed by atoms with Crippen molar-refractivity contribution < 1.29 is 0 Å². The van der Waals surface area contributed by atoms with Crippen molar-refractivity contribution in [2.75, 3.05) is 31.5 Å². The van der Waals surface area contributed by atoms with E-state index in [0.29, 0.717) is 5.56 Å². The van der Waals surface area contributed by atoms with Crippen LogP contribution in [0.4, 0.5) is 5.69 Å². The fourth-order valence-corrected chi connectivity index (χ4v) is 3.41. The van der Waals surface area contributed by atoms with E-state index in [9.17, 15) is 0 Å². The van der Waals surface area contributed by atoms with Gasteiger partial charge in [-0.15, -0.1) is 0 Å². The van der Waals surface area contributed by atoms with Crippen molar-refractivity contribution in [1.82, 2.24) is 9.80 Å². The van der Waals surface area contributed by atoms with E-state index < -0.39 is 0 Å². The lowest BCUT2D eigenvalue weighted by Crippen LogP contribution is -2.49. The molecule has 26 heavy (non-hydrogen) atoms. The topological polar surface area (TPSA) is 42.3 Å². The zero-order valence-electron chi connectivity index (χ0n) is 14.7. The van der Waals surface area contributed by atoms with Crippen molar-refractivity contribution in [1.29, 1.82) is 5.26 Å². The molecule has 0 aliphatic carbocycles. The Morgan fingerprint density at radius 2 is 1.85 bits per heavy atom. The molecule has 3 rings (SSSR count). The summed E-state index contributed by atoms with van der Waals surface area (Å²) in [5.41, 5.74) is 3.91. The Morgan fingerprint density at radius 1 is 1.15 bits per heavy atom. The van der Waals surface area contributed by atoms with Gasteiger partial charge >= 0.3 is 0 Å². The highest BCUT2D eigenvalue weighted by Crippen LogP contribution is 2.20. The summed E-state index contributed by atoms with van der Waals surface area (Å²) < 4.78 is 0. The first-order valence-electron chi connectivity index (χ1n) is 8.58. The van der Waals surface area contributed by atoms with Gasteiger partial charge in [-0.3, -0.25) is 4.90 Å². The third-order valence-corrected chi connectivity index (χ3v) is 5.34. The molecular formula is C20H21ClN4S. The van der Waals surface area contributed by atoms with Crippen LogP contribution >= 0.6 is 23.8 Å². The molecule has 0 radical (unpaired) electrons. The number of hydrogen-bond acceptors (Lipinski definition) is 3. The van der Waals surface area contributed by atoms with Crippen LogP contribution in [0.2, 0.25) is 5.02 Å². The van der Waals surface area contributed by atoms with E-state index in [-0.39, 0.29) is 0 Å². The Bertz CT molecular complexity index is 821. The zero-order valence-corrected chi connectivity index (χ0v) is 16.3. The number of nitrogens with zero attached hydrogens (tertiary/aromatic N) is 3. The van der Waals surface area contributed by atoms with Gasteiger partial charge in [0.2, 0.25) is 0 Å². The summed E-state index contributed by atoms with van der Waals surface area (Å²) in [5.74, 6) is 0. The number of thiocarbonyl (C=S) groups is 1. The Kier molecular flexibility index (Phi) is 6.10. The highest BCUT2D eigenvalue weighted by Gasteiger charge is 2.19. The summed E-state index contributed by atoms with van der Waals surface area (Å²) in [7, 11) is 0. The van der Waals surface area contributed by atoms with Gasteiger partial charge in [-0.05, 0) is 54.5 Å². The molecule has 6 heteroatoms. The smallest absolute Gasteiger partial charge is 0.173 e. The largest absolute Gasteiger partial charge is 0.346 e. The normalized spacial score (nSPS) is 14.7. The number of aryl methyl sites for hydroxylation is 1. The molecule has 0 saturated carbocycles. The first kappa shape index (κ1) is 18.7. The molecule has 1 aliphatic rings. The number of benzene rings is 2. The third-order valence-electron chi connectivity index (χ3n) is 4.57. The van der Waals surface area contributed by atoms with Crippen LogP contribution in [0.5, 0.6) is 0 Å². The van der Waals surface area contributed by atoms with Gasteiger partial charge in [0.25, 0.3) is 0 Å². The minimum atomic E-state index is 0.700. The maximum atomic E-state index is 8.87. The molecule has 1 N–H and O–H groups in total. The van der Waals surface area contributed by atoms with E-state index in [1.54, 1.807) is 0 Å². The maximum absolute atomic E-state index is 8.87. The van der Waals surface area contributed by atoms with Crippen LogP contribution in [-0.2, 0) is 6.54 Å². The average molecular weight is 385 g/mol. The molecule has 0 spiro atoms. The Hall–Kier alpha value is -2.13. The van der Waals surface area contributed by atoms with Crippen molar-refractivity contribution in [2.24, 2.45) is 0 Å². The molecule has 1 heterocycles. The Labute approximate surface area is 165 Å². The zero-order chi connectivity index (χ0) is 18.5. The van der Waals surface area contributed by atoms with E-state index in [4.69, 9.17) is 29.1 Å². The van der Waals surface area contributed by atoms with E-state index in [1.807, 2.05) is 49.4 Å². The Balaban J connectivity index is 1.50. The number of rotatable bonds is 3. The number of nitriles is 1. The lowest BCUT2D eigenvalue weighted by molar-refractivity contribution is 0.177. The monoisotopic (exact) mass is 384 g/mol. The molecule has 0 amide bonds. The third kappa shape index (κ3) is 4.73. The van der Waals surface area contributed by atoms with E-state index in [0.717, 1.165) is 54.1 Å². The van der Waals surface area contributed by atoms with Gasteiger partial charge in [-0.25, -0.2) is 0 Å². The van der Waals surface area contributed by atoms with Crippen LogP contribution in [-0.4, -0.2) is 41.1 Å². The van der Waals surface area contributed by atoms with Crippen molar-refractivity contribution in [2.45, 2.75) is 13.5 Å². The van der Waals surface area contributed by atoms with Gasteiger partial charge in [0, 0.05) is 43.4 Å². The predicted molar refractivity (Wildman–Crippen MR) is 110 cm³/mol. The van der Waals surface area contributed by atoms with E-state index in [1.165, 1.54) is 5.56 Å². The summed E-state index contributed by atoms with van der Waals surface area (Å²) in [6.45, 7) is 6.57. The van der Waals surface area contributed by atoms with Crippen molar-refractivity contribution in [3.8, 4) is 6.07 Å². The standard InChI is InChI=1S/C20H21ClN4S/c1-15-2-7-18(12-19(15)21)23-20(26)25-10-8-24(9-11-25)14-17-5-3-16(13-22)4-6-17/h2-7,12H,8-11,14H2,1H3,(H,23,26). The van der Waals surface area contributed by atoms with Crippen molar-refractivity contribution >= 4 is 34.6 Å². The van der Waals surface area contributed by atoms with Crippen LogP contribution in [0.3, 0.4) is 0 Å². The second-order valence-corrected chi connectivity index (χ2v) is 7.26. The molecule has 1 saturated heterocycles. The maximum Gasteiger partial charge on any atom is 0.173 e. The van der Waals surface area contributed by atoms with Gasteiger partial charge in [-0.2, -0.15) is 5.26 Å². The van der Waals surface area contributed by atoms with Crippen LogP contribution in [0.1, 0.15) is 16.7 Å². The second-order valence-electron chi connectivity index (χ2n) is 6.47. The lowest BCUT2D eigenvalue weighted by Gasteiger charge is -2.36.